The van der Waals surface area contributed by atoms with Crippen LogP contribution >= 0.6 is 0 Å². The maximum absolute atomic E-state index is 4.57. The van der Waals surface area contributed by atoms with E-state index in [1.165, 1.54) is 18.4 Å². The smallest absolute Gasteiger partial charge is 0.137 e. The molecule has 0 aromatic carbocycles. The predicted octanol–water partition coefficient (Wildman–Crippen LogP) is 2.13. The molecule has 0 atom stereocenters. The van der Waals surface area contributed by atoms with Gasteiger partial charge in [-0.2, -0.15) is 0 Å². The Balaban J connectivity index is 2.35. The van der Waals surface area contributed by atoms with Gasteiger partial charge in [-0.3, -0.25) is 0 Å². The molecule has 2 heterocycles. The van der Waals surface area contributed by atoms with E-state index in [4.69, 9.17) is 0 Å². The Morgan fingerprint density at radius 3 is 2.50 bits per heavy atom. The fourth-order valence-electron chi connectivity index (χ4n) is 2.19. The SMILES string of the molecule is CCNc1nc(C)nc(N2CCCC2)c1C. The monoisotopic (exact) mass is 220 g/mol. The van der Waals surface area contributed by atoms with Crippen molar-refractivity contribution in [1.82, 2.24) is 9.97 Å². The maximum atomic E-state index is 4.57. The van der Waals surface area contributed by atoms with Crippen molar-refractivity contribution in [3.05, 3.63) is 11.4 Å². The Labute approximate surface area is 97.1 Å². The Kier molecular flexibility index (Phi) is 3.27. The molecule has 0 amide bonds. The number of nitrogens with zero attached hydrogens (tertiary/aromatic N) is 3. The van der Waals surface area contributed by atoms with E-state index in [0.29, 0.717) is 0 Å². The highest BCUT2D eigenvalue weighted by Gasteiger charge is 2.18. The van der Waals surface area contributed by atoms with Gasteiger partial charge in [-0.1, -0.05) is 0 Å². The van der Waals surface area contributed by atoms with Crippen molar-refractivity contribution in [2.75, 3.05) is 29.9 Å². The van der Waals surface area contributed by atoms with Gasteiger partial charge in [0, 0.05) is 25.2 Å². The van der Waals surface area contributed by atoms with Gasteiger partial charge in [-0.15, -0.1) is 0 Å². The summed E-state index contributed by atoms with van der Waals surface area (Å²) < 4.78 is 0. The van der Waals surface area contributed by atoms with Crippen LogP contribution in [0.25, 0.3) is 0 Å². The summed E-state index contributed by atoms with van der Waals surface area (Å²) in [5, 5.41) is 3.30. The molecule has 0 saturated carbocycles. The topological polar surface area (TPSA) is 41.1 Å². The number of rotatable bonds is 3. The van der Waals surface area contributed by atoms with E-state index >= 15 is 0 Å². The summed E-state index contributed by atoms with van der Waals surface area (Å²) in [6, 6.07) is 0. The van der Waals surface area contributed by atoms with Gasteiger partial charge in [0.15, 0.2) is 0 Å². The van der Waals surface area contributed by atoms with Crippen molar-refractivity contribution in [2.45, 2.75) is 33.6 Å². The summed E-state index contributed by atoms with van der Waals surface area (Å²) in [5.74, 6) is 2.95. The zero-order chi connectivity index (χ0) is 11.5. The second kappa shape index (κ2) is 4.68. The molecule has 0 spiro atoms. The van der Waals surface area contributed by atoms with Gasteiger partial charge in [0.1, 0.15) is 17.5 Å². The van der Waals surface area contributed by atoms with Gasteiger partial charge in [-0.05, 0) is 33.6 Å². The minimum atomic E-state index is 0.850. The van der Waals surface area contributed by atoms with Crippen molar-refractivity contribution >= 4 is 11.6 Å². The lowest BCUT2D eigenvalue weighted by Crippen LogP contribution is -2.21. The van der Waals surface area contributed by atoms with Crippen LogP contribution < -0.4 is 10.2 Å². The minimum absolute atomic E-state index is 0.850. The van der Waals surface area contributed by atoms with Gasteiger partial charge in [0.2, 0.25) is 0 Å². The summed E-state index contributed by atoms with van der Waals surface area (Å²) in [4.78, 5) is 11.4. The molecule has 0 unspecified atom stereocenters. The lowest BCUT2D eigenvalue weighted by molar-refractivity contribution is 0.896. The number of hydrogen-bond acceptors (Lipinski definition) is 4. The van der Waals surface area contributed by atoms with E-state index in [0.717, 1.165) is 37.1 Å². The second-order valence-electron chi connectivity index (χ2n) is 4.29. The van der Waals surface area contributed by atoms with Crippen LogP contribution in [0.2, 0.25) is 0 Å². The third-order valence-corrected chi connectivity index (χ3v) is 2.98. The molecule has 1 aromatic heterocycles. The van der Waals surface area contributed by atoms with Crippen LogP contribution in [0.5, 0.6) is 0 Å². The molecule has 88 valence electrons. The fourth-order valence-corrected chi connectivity index (χ4v) is 2.19. The van der Waals surface area contributed by atoms with Gasteiger partial charge in [0.25, 0.3) is 0 Å². The summed E-state index contributed by atoms with van der Waals surface area (Å²) in [7, 11) is 0. The Morgan fingerprint density at radius 2 is 1.88 bits per heavy atom. The zero-order valence-electron chi connectivity index (χ0n) is 10.4. The van der Waals surface area contributed by atoms with Crippen LogP contribution in [-0.2, 0) is 0 Å². The first-order valence-electron chi connectivity index (χ1n) is 6.06. The van der Waals surface area contributed by atoms with Crippen molar-refractivity contribution in [3.63, 3.8) is 0 Å². The molecule has 4 heteroatoms. The normalized spacial score (nSPS) is 15.6. The van der Waals surface area contributed by atoms with E-state index in [2.05, 4.69) is 34.0 Å². The Bertz CT molecular complexity index is 370. The molecule has 4 nitrogen and oxygen atoms in total. The fraction of sp³-hybridized carbons (Fsp3) is 0.667. The highest BCUT2D eigenvalue weighted by atomic mass is 15.2. The molecule has 0 bridgehead atoms. The van der Waals surface area contributed by atoms with Crippen LogP contribution in [0, 0.1) is 13.8 Å². The zero-order valence-corrected chi connectivity index (χ0v) is 10.4. The molecular formula is C12H20N4. The standard InChI is InChI=1S/C12H20N4/c1-4-13-11-9(2)12(15-10(3)14-11)16-7-5-6-8-16/h4-8H2,1-3H3,(H,13,14,15). The summed E-state index contributed by atoms with van der Waals surface area (Å²) >= 11 is 0. The molecule has 1 fully saturated rings. The molecule has 1 aliphatic heterocycles. The van der Waals surface area contributed by atoms with Crippen molar-refractivity contribution < 1.29 is 0 Å². The molecule has 2 rings (SSSR count). The number of hydrogen-bond donors (Lipinski definition) is 1. The van der Waals surface area contributed by atoms with Crippen molar-refractivity contribution in [1.29, 1.82) is 0 Å². The van der Waals surface area contributed by atoms with Crippen LogP contribution in [0.15, 0.2) is 0 Å². The molecule has 16 heavy (non-hydrogen) atoms. The third kappa shape index (κ3) is 2.10. The Hall–Kier alpha value is -1.32. The van der Waals surface area contributed by atoms with Crippen LogP contribution in [0.3, 0.4) is 0 Å². The van der Waals surface area contributed by atoms with E-state index in [1.807, 2.05) is 6.92 Å². The van der Waals surface area contributed by atoms with Gasteiger partial charge in [0.05, 0.1) is 0 Å². The van der Waals surface area contributed by atoms with Gasteiger partial charge in [-0.25, -0.2) is 9.97 Å². The summed E-state index contributed by atoms with van der Waals surface area (Å²) in [6.07, 6.45) is 2.55. The van der Waals surface area contributed by atoms with Crippen LogP contribution in [0.4, 0.5) is 11.6 Å². The van der Waals surface area contributed by atoms with Crippen molar-refractivity contribution in [2.24, 2.45) is 0 Å². The van der Waals surface area contributed by atoms with Gasteiger partial charge < -0.3 is 10.2 Å². The first-order valence-corrected chi connectivity index (χ1v) is 6.06. The average Bonchev–Trinajstić information content (AvgIpc) is 2.76. The van der Waals surface area contributed by atoms with E-state index < -0.39 is 0 Å². The van der Waals surface area contributed by atoms with Crippen LogP contribution in [-0.4, -0.2) is 29.6 Å². The first kappa shape index (κ1) is 11.2. The molecule has 0 aliphatic carbocycles. The molecule has 1 aliphatic rings. The number of nitrogens with one attached hydrogen (secondary N) is 1. The largest absolute Gasteiger partial charge is 0.370 e. The Morgan fingerprint density at radius 1 is 1.19 bits per heavy atom. The molecule has 0 radical (unpaired) electrons. The first-order chi connectivity index (χ1) is 7.72. The molecule has 1 aromatic rings. The maximum Gasteiger partial charge on any atom is 0.137 e. The number of anilines is 2. The molecule has 1 N–H and O–H groups in total. The van der Waals surface area contributed by atoms with Crippen molar-refractivity contribution in [3.8, 4) is 0 Å². The predicted molar refractivity (Wildman–Crippen MR) is 67.1 cm³/mol. The average molecular weight is 220 g/mol. The second-order valence-corrected chi connectivity index (χ2v) is 4.29. The number of aromatic nitrogens is 2. The lowest BCUT2D eigenvalue weighted by atomic mass is 10.3. The van der Waals surface area contributed by atoms with E-state index in [1.54, 1.807) is 0 Å². The van der Waals surface area contributed by atoms with E-state index in [9.17, 15) is 0 Å². The third-order valence-electron chi connectivity index (χ3n) is 2.98. The molecule has 1 saturated heterocycles. The number of aryl methyl sites for hydroxylation is 1. The lowest BCUT2D eigenvalue weighted by Gasteiger charge is -2.20. The highest BCUT2D eigenvalue weighted by molar-refractivity contribution is 5.58. The van der Waals surface area contributed by atoms with Crippen LogP contribution in [0.1, 0.15) is 31.2 Å². The minimum Gasteiger partial charge on any atom is -0.370 e. The highest BCUT2D eigenvalue weighted by Crippen LogP contribution is 2.26. The summed E-state index contributed by atoms with van der Waals surface area (Å²) in [6.45, 7) is 9.31. The quantitative estimate of drug-likeness (QED) is 0.847. The van der Waals surface area contributed by atoms with E-state index in [-0.39, 0.29) is 0 Å². The molecular weight excluding hydrogens is 200 g/mol. The van der Waals surface area contributed by atoms with Gasteiger partial charge >= 0.3 is 0 Å². The summed E-state index contributed by atoms with van der Waals surface area (Å²) in [5.41, 5.74) is 1.18.